The van der Waals surface area contributed by atoms with Gasteiger partial charge in [0.2, 0.25) is 5.91 Å². The number of carbonyl (C=O) groups excluding carboxylic acids is 1. The zero-order chi connectivity index (χ0) is 14.6. The number of alkyl halides is 3. The van der Waals surface area contributed by atoms with Crippen LogP contribution in [0.3, 0.4) is 0 Å². The van der Waals surface area contributed by atoms with Crippen molar-refractivity contribution in [2.75, 3.05) is 11.9 Å². The summed E-state index contributed by atoms with van der Waals surface area (Å²) in [6.07, 6.45) is -5.52. The van der Waals surface area contributed by atoms with Crippen LogP contribution in [0.5, 0.6) is 0 Å². The van der Waals surface area contributed by atoms with Gasteiger partial charge in [-0.3, -0.25) is 14.9 Å². The second-order valence-electron chi connectivity index (χ2n) is 3.65. The van der Waals surface area contributed by atoms with E-state index in [0.717, 1.165) is 18.2 Å². The SMILES string of the molecule is NC(=O)c1ccc([N+](=O)[O-])c(NCCC(F)(F)F)c1. The highest BCUT2D eigenvalue weighted by Gasteiger charge is 2.26. The first kappa shape index (κ1) is 14.7. The molecule has 0 atom stereocenters. The van der Waals surface area contributed by atoms with Crippen molar-refractivity contribution in [3.05, 3.63) is 33.9 Å². The Morgan fingerprint density at radius 1 is 1.42 bits per heavy atom. The third kappa shape index (κ3) is 4.45. The molecule has 104 valence electrons. The third-order valence-electron chi connectivity index (χ3n) is 2.20. The monoisotopic (exact) mass is 277 g/mol. The molecule has 0 saturated heterocycles. The van der Waals surface area contributed by atoms with Crippen molar-refractivity contribution >= 4 is 17.3 Å². The van der Waals surface area contributed by atoms with Crippen molar-refractivity contribution in [3.63, 3.8) is 0 Å². The lowest BCUT2D eigenvalue weighted by atomic mass is 10.1. The molecule has 1 aromatic rings. The number of nitrogens with two attached hydrogens (primary N) is 1. The summed E-state index contributed by atoms with van der Waals surface area (Å²) in [5.41, 5.74) is 4.36. The first-order valence-corrected chi connectivity index (χ1v) is 5.09. The molecule has 1 aromatic carbocycles. The third-order valence-corrected chi connectivity index (χ3v) is 2.20. The van der Waals surface area contributed by atoms with Crippen LogP contribution in [0.1, 0.15) is 16.8 Å². The van der Waals surface area contributed by atoms with Gasteiger partial charge in [-0.2, -0.15) is 13.2 Å². The van der Waals surface area contributed by atoms with Crippen LogP contribution >= 0.6 is 0 Å². The minimum Gasteiger partial charge on any atom is -0.379 e. The second kappa shape index (κ2) is 5.55. The van der Waals surface area contributed by atoms with E-state index in [2.05, 4.69) is 5.32 Å². The Labute approximate surface area is 105 Å². The molecule has 1 rings (SSSR count). The van der Waals surface area contributed by atoms with Crippen LogP contribution in [0.2, 0.25) is 0 Å². The van der Waals surface area contributed by atoms with Crippen molar-refractivity contribution in [3.8, 4) is 0 Å². The predicted molar refractivity (Wildman–Crippen MR) is 60.8 cm³/mol. The van der Waals surface area contributed by atoms with Gasteiger partial charge in [0.25, 0.3) is 5.69 Å². The van der Waals surface area contributed by atoms with Crippen molar-refractivity contribution in [2.45, 2.75) is 12.6 Å². The minimum atomic E-state index is -4.37. The molecule has 0 aliphatic rings. The Hall–Kier alpha value is -2.32. The highest BCUT2D eigenvalue weighted by molar-refractivity contribution is 5.94. The summed E-state index contributed by atoms with van der Waals surface area (Å²) in [5.74, 6) is -0.825. The lowest BCUT2D eigenvalue weighted by Gasteiger charge is -2.10. The molecule has 0 radical (unpaired) electrons. The highest BCUT2D eigenvalue weighted by atomic mass is 19.4. The second-order valence-corrected chi connectivity index (χ2v) is 3.65. The van der Waals surface area contributed by atoms with Gasteiger partial charge in [-0.25, -0.2) is 0 Å². The molecule has 0 fully saturated rings. The Balaban J connectivity index is 2.92. The van der Waals surface area contributed by atoms with Gasteiger partial charge >= 0.3 is 6.18 Å². The van der Waals surface area contributed by atoms with Gasteiger partial charge in [-0.05, 0) is 12.1 Å². The molecule has 19 heavy (non-hydrogen) atoms. The summed E-state index contributed by atoms with van der Waals surface area (Å²) >= 11 is 0. The number of rotatable bonds is 5. The number of nitro groups is 1. The minimum absolute atomic E-state index is 0.0277. The molecule has 0 spiro atoms. The van der Waals surface area contributed by atoms with Crippen LogP contribution in [-0.2, 0) is 0 Å². The number of primary amides is 1. The Morgan fingerprint density at radius 3 is 2.53 bits per heavy atom. The number of hydrogen-bond acceptors (Lipinski definition) is 4. The van der Waals surface area contributed by atoms with Crippen molar-refractivity contribution in [2.24, 2.45) is 5.73 Å². The molecule has 0 unspecified atom stereocenters. The molecule has 0 aromatic heterocycles. The van der Waals surface area contributed by atoms with E-state index in [1.807, 2.05) is 0 Å². The maximum absolute atomic E-state index is 12.0. The highest BCUT2D eigenvalue weighted by Crippen LogP contribution is 2.26. The standard InChI is InChI=1S/C10H10F3N3O3/c11-10(12,13)3-4-15-7-5-6(9(14)17)1-2-8(7)16(18)19/h1-2,5,15H,3-4H2,(H2,14,17). The average Bonchev–Trinajstić information content (AvgIpc) is 2.26. The van der Waals surface area contributed by atoms with E-state index < -0.39 is 35.7 Å². The average molecular weight is 277 g/mol. The number of anilines is 1. The molecule has 0 saturated carbocycles. The van der Waals surface area contributed by atoms with Crippen LogP contribution in [-0.4, -0.2) is 23.6 Å². The zero-order valence-electron chi connectivity index (χ0n) is 9.53. The normalized spacial score (nSPS) is 11.1. The topological polar surface area (TPSA) is 98.3 Å². The number of nitrogens with one attached hydrogen (secondary N) is 1. The van der Waals surface area contributed by atoms with Crippen molar-refractivity contribution in [1.29, 1.82) is 0 Å². The quantitative estimate of drug-likeness (QED) is 0.635. The fourth-order valence-corrected chi connectivity index (χ4v) is 1.33. The van der Waals surface area contributed by atoms with Gasteiger partial charge in [0, 0.05) is 18.2 Å². The van der Waals surface area contributed by atoms with Crippen LogP contribution in [0, 0.1) is 10.1 Å². The first-order valence-electron chi connectivity index (χ1n) is 5.09. The van der Waals surface area contributed by atoms with Gasteiger partial charge in [0.1, 0.15) is 5.69 Å². The number of amides is 1. The Kier molecular flexibility index (Phi) is 4.30. The summed E-state index contributed by atoms with van der Waals surface area (Å²) in [5, 5.41) is 13.0. The molecule has 1 amide bonds. The maximum atomic E-state index is 12.0. The summed E-state index contributed by atoms with van der Waals surface area (Å²) in [6.45, 7) is -0.535. The summed E-state index contributed by atoms with van der Waals surface area (Å²) < 4.78 is 35.9. The molecule has 0 aliphatic carbocycles. The van der Waals surface area contributed by atoms with Gasteiger partial charge in [0.05, 0.1) is 11.3 Å². The number of carbonyl (C=O) groups is 1. The van der Waals surface area contributed by atoms with Crippen LogP contribution < -0.4 is 11.1 Å². The smallest absolute Gasteiger partial charge is 0.379 e. The lowest BCUT2D eigenvalue weighted by molar-refractivity contribution is -0.384. The molecule has 0 heterocycles. The van der Waals surface area contributed by atoms with E-state index in [4.69, 9.17) is 5.73 Å². The van der Waals surface area contributed by atoms with Gasteiger partial charge < -0.3 is 11.1 Å². The van der Waals surface area contributed by atoms with Crippen molar-refractivity contribution in [1.82, 2.24) is 0 Å². The van der Waals surface area contributed by atoms with E-state index in [9.17, 15) is 28.1 Å². The molecular weight excluding hydrogens is 267 g/mol. The Morgan fingerprint density at radius 2 is 2.05 bits per heavy atom. The van der Waals surface area contributed by atoms with E-state index in [-0.39, 0.29) is 11.3 Å². The number of nitro benzene ring substituents is 1. The van der Waals surface area contributed by atoms with E-state index in [0.29, 0.717) is 0 Å². The predicted octanol–water partition coefficient (Wildman–Crippen LogP) is 2.06. The number of hydrogen-bond donors (Lipinski definition) is 2. The maximum Gasteiger partial charge on any atom is 0.390 e. The van der Waals surface area contributed by atoms with E-state index in [1.165, 1.54) is 0 Å². The number of benzene rings is 1. The molecule has 6 nitrogen and oxygen atoms in total. The molecular formula is C10H10F3N3O3. The number of nitrogens with zero attached hydrogens (tertiary/aromatic N) is 1. The van der Waals surface area contributed by atoms with Gasteiger partial charge in [-0.1, -0.05) is 0 Å². The fraction of sp³-hybridized carbons (Fsp3) is 0.300. The summed E-state index contributed by atoms with van der Waals surface area (Å²) in [4.78, 5) is 20.8. The lowest BCUT2D eigenvalue weighted by Crippen LogP contribution is -2.16. The van der Waals surface area contributed by atoms with Crippen LogP contribution in [0.4, 0.5) is 24.5 Å². The molecule has 9 heteroatoms. The fourth-order valence-electron chi connectivity index (χ4n) is 1.33. The van der Waals surface area contributed by atoms with Gasteiger partial charge in [-0.15, -0.1) is 0 Å². The number of halogens is 3. The molecule has 0 aliphatic heterocycles. The molecule has 3 N–H and O–H groups in total. The van der Waals surface area contributed by atoms with Crippen LogP contribution in [0.25, 0.3) is 0 Å². The van der Waals surface area contributed by atoms with E-state index >= 15 is 0 Å². The largest absolute Gasteiger partial charge is 0.390 e. The zero-order valence-corrected chi connectivity index (χ0v) is 9.53. The summed E-state index contributed by atoms with van der Waals surface area (Å²) in [6, 6.07) is 3.20. The van der Waals surface area contributed by atoms with Crippen molar-refractivity contribution < 1.29 is 22.9 Å². The Bertz CT molecular complexity index is 503. The summed E-state index contributed by atoms with van der Waals surface area (Å²) in [7, 11) is 0. The first-order chi connectivity index (χ1) is 8.70. The van der Waals surface area contributed by atoms with Gasteiger partial charge in [0.15, 0.2) is 0 Å². The van der Waals surface area contributed by atoms with Crippen LogP contribution in [0.15, 0.2) is 18.2 Å². The van der Waals surface area contributed by atoms with E-state index in [1.54, 1.807) is 0 Å². The molecule has 0 bridgehead atoms.